The number of anilines is 1. The fourth-order valence-electron chi connectivity index (χ4n) is 1.84. The number of benzene rings is 1. The van der Waals surface area contributed by atoms with Crippen LogP contribution in [0.15, 0.2) is 23.1 Å². The Labute approximate surface area is 106 Å². The molecule has 1 aromatic carbocycles. The average molecular weight is 272 g/mol. The lowest BCUT2D eigenvalue weighted by Gasteiger charge is -2.34. The number of nitrogens with one attached hydrogen (secondary N) is 1. The third-order valence-electron chi connectivity index (χ3n) is 3.06. The van der Waals surface area contributed by atoms with Gasteiger partial charge in [-0.15, -0.1) is 0 Å². The first-order chi connectivity index (χ1) is 8.42. The molecule has 100 valence electrons. The zero-order valence-corrected chi connectivity index (χ0v) is 10.8. The molecule has 0 atom stereocenters. The standard InChI is InChI=1S/C11H16N2O4S/c1-17-8-4-7(5-8)13-18(15,16)9-2-3-11(14)10(12)6-9/h2-3,6-8,13-14H,4-5,12H2,1H3. The Kier molecular flexibility index (Phi) is 3.47. The van der Waals surface area contributed by atoms with E-state index in [1.165, 1.54) is 18.2 Å². The lowest BCUT2D eigenvalue weighted by Crippen LogP contribution is -2.47. The van der Waals surface area contributed by atoms with E-state index in [9.17, 15) is 13.5 Å². The molecule has 2 rings (SSSR count). The Morgan fingerprint density at radius 2 is 2.11 bits per heavy atom. The Balaban J connectivity index is 2.09. The molecule has 1 aliphatic rings. The Hall–Kier alpha value is -1.31. The van der Waals surface area contributed by atoms with Crippen LogP contribution in [0.1, 0.15) is 12.8 Å². The molecule has 0 aliphatic heterocycles. The predicted molar refractivity (Wildman–Crippen MR) is 66.7 cm³/mol. The second-order valence-corrected chi connectivity index (χ2v) is 6.08. The van der Waals surface area contributed by atoms with Crippen molar-refractivity contribution in [3.63, 3.8) is 0 Å². The maximum absolute atomic E-state index is 12.0. The van der Waals surface area contributed by atoms with Crippen molar-refractivity contribution in [1.82, 2.24) is 4.72 Å². The number of methoxy groups -OCH3 is 1. The van der Waals surface area contributed by atoms with E-state index >= 15 is 0 Å². The zero-order chi connectivity index (χ0) is 13.3. The van der Waals surface area contributed by atoms with E-state index < -0.39 is 10.0 Å². The Morgan fingerprint density at radius 3 is 2.67 bits per heavy atom. The summed E-state index contributed by atoms with van der Waals surface area (Å²) < 4.78 is 31.7. The molecule has 4 N–H and O–H groups in total. The first kappa shape index (κ1) is 13.1. The number of nitrogens with two attached hydrogens (primary N) is 1. The second kappa shape index (κ2) is 4.75. The third-order valence-corrected chi connectivity index (χ3v) is 4.58. The molecule has 0 saturated heterocycles. The van der Waals surface area contributed by atoms with Crippen molar-refractivity contribution in [2.75, 3.05) is 12.8 Å². The minimum Gasteiger partial charge on any atom is -0.506 e. The fraction of sp³-hybridized carbons (Fsp3) is 0.455. The summed E-state index contributed by atoms with van der Waals surface area (Å²) in [6.07, 6.45) is 1.47. The number of phenols is 1. The molecule has 0 spiro atoms. The summed E-state index contributed by atoms with van der Waals surface area (Å²) >= 11 is 0. The molecular formula is C11H16N2O4S. The fourth-order valence-corrected chi connectivity index (χ4v) is 3.14. The number of nitrogen functional groups attached to an aromatic ring is 1. The first-order valence-electron chi connectivity index (χ1n) is 5.56. The van der Waals surface area contributed by atoms with Crippen molar-refractivity contribution in [1.29, 1.82) is 0 Å². The van der Waals surface area contributed by atoms with Crippen molar-refractivity contribution in [2.24, 2.45) is 0 Å². The van der Waals surface area contributed by atoms with E-state index in [2.05, 4.69) is 4.72 Å². The highest BCUT2D eigenvalue weighted by molar-refractivity contribution is 7.89. The van der Waals surface area contributed by atoms with Gasteiger partial charge in [-0.1, -0.05) is 0 Å². The minimum absolute atomic E-state index is 0.0428. The molecule has 0 heterocycles. The van der Waals surface area contributed by atoms with Crippen LogP contribution in [0.25, 0.3) is 0 Å². The summed E-state index contributed by atoms with van der Waals surface area (Å²) in [6.45, 7) is 0. The molecule has 1 fully saturated rings. The number of ether oxygens (including phenoxy) is 1. The topological polar surface area (TPSA) is 102 Å². The summed E-state index contributed by atoms with van der Waals surface area (Å²) in [7, 11) is -1.98. The van der Waals surface area contributed by atoms with Crippen LogP contribution < -0.4 is 10.5 Å². The molecule has 0 aromatic heterocycles. The van der Waals surface area contributed by atoms with Gasteiger partial charge in [0.25, 0.3) is 0 Å². The number of hydrogen-bond acceptors (Lipinski definition) is 5. The van der Waals surface area contributed by atoms with Gasteiger partial charge in [0, 0.05) is 13.2 Å². The van der Waals surface area contributed by atoms with E-state index in [0.717, 1.165) is 0 Å². The van der Waals surface area contributed by atoms with E-state index in [0.29, 0.717) is 12.8 Å². The Morgan fingerprint density at radius 1 is 1.44 bits per heavy atom. The van der Waals surface area contributed by atoms with Gasteiger partial charge in [-0.2, -0.15) is 0 Å². The van der Waals surface area contributed by atoms with Crippen LogP contribution in [0.4, 0.5) is 5.69 Å². The minimum atomic E-state index is -3.59. The van der Waals surface area contributed by atoms with Crippen molar-refractivity contribution in [3.05, 3.63) is 18.2 Å². The van der Waals surface area contributed by atoms with Crippen LogP contribution in [0.5, 0.6) is 5.75 Å². The molecule has 0 amide bonds. The van der Waals surface area contributed by atoms with Gasteiger partial charge in [-0.05, 0) is 31.0 Å². The maximum atomic E-state index is 12.0. The molecule has 6 nitrogen and oxygen atoms in total. The van der Waals surface area contributed by atoms with Crippen molar-refractivity contribution in [3.8, 4) is 5.75 Å². The third kappa shape index (κ3) is 2.58. The van der Waals surface area contributed by atoms with Gasteiger partial charge >= 0.3 is 0 Å². The smallest absolute Gasteiger partial charge is 0.240 e. The zero-order valence-electron chi connectivity index (χ0n) is 9.96. The van der Waals surface area contributed by atoms with Crippen LogP contribution in [-0.2, 0) is 14.8 Å². The molecular weight excluding hydrogens is 256 g/mol. The molecule has 18 heavy (non-hydrogen) atoms. The highest BCUT2D eigenvalue weighted by Crippen LogP contribution is 2.26. The summed E-state index contributed by atoms with van der Waals surface area (Å²) in [6, 6.07) is 3.72. The van der Waals surface area contributed by atoms with Crippen LogP contribution in [0, 0.1) is 0 Å². The normalized spacial score (nSPS) is 23.6. The summed E-state index contributed by atoms with van der Waals surface area (Å²) in [4.78, 5) is 0.0543. The highest BCUT2D eigenvalue weighted by Gasteiger charge is 2.32. The van der Waals surface area contributed by atoms with Gasteiger partial charge in [0.1, 0.15) is 5.75 Å². The number of rotatable bonds is 4. The SMILES string of the molecule is COC1CC(NS(=O)(=O)c2ccc(O)c(N)c2)C1. The quantitative estimate of drug-likeness (QED) is 0.545. The van der Waals surface area contributed by atoms with E-state index in [4.69, 9.17) is 10.5 Å². The van der Waals surface area contributed by atoms with Gasteiger partial charge in [0.05, 0.1) is 16.7 Å². The van der Waals surface area contributed by atoms with E-state index in [-0.39, 0.29) is 28.5 Å². The number of sulfonamides is 1. The van der Waals surface area contributed by atoms with Gasteiger partial charge < -0.3 is 15.6 Å². The van der Waals surface area contributed by atoms with Crippen molar-refractivity contribution in [2.45, 2.75) is 29.9 Å². The first-order valence-corrected chi connectivity index (χ1v) is 7.04. The lowest BCUT2D eigenvalue weighted by atomic mass is 9.90. The summed E-state index contributed by atoms with van der Waals surface area (Å²) in [5.74, 6) is -0.128. The maximum Gasteiger partial charge on any atom is 0.240 e. The van der Waals surface area contributed by atoms with Crippen molar-refractivity contribution >= 4 is 15.7 Å². The monoisotopic (exact) mass is 272 g/mol. The van der Waals surface area contributed by atoms with Gasteiger partial charge in [0.2, 0.25) is 10.0 Å². The molecule has 7 heteroatoms. The van der Waals surface area contributed by atoms with Gasteiger partial charge in [0.15, 0.2) is 0 Å². The molecule has 1 saturated carbocycles. The number of phenolic OH excluding ortho intramolecular Hbond substituents is 1. The highest BCUT2D eigenvalue weighted by atomic mass is 32.2. The van der Waals surface area contributed by atoms with Crippen LogP contribution >= 0.6 is 0 Å². The molecule has 0 radical (unpaired) electrons. The number of hydrogen-bond donors (Lipinski definition) is 3. The number of aromatic hydroxyl groups is 1. The van der Waals surface area contributed by atoms with E-state index in [1.807, 2.05) is 0 Å². The van der Waals surface area contributed by atoms with Gasteiger partial charge in [-0.3, -0.25) is 0 Å². The van der Waals surface area contributed by atoms with Crippen LogP contribution in [0.3, 0.4) is 0 Å². The molecule has 0 bridgehead atoms. The Bertz CT molecular complexity index is 538. The predicted octanol–water partition coefficient (Wildman–Crippen LogP) is 0.430. The van der Waals surface area contributed by atoms with Crippen LogP contribution in [-0.4, -0.2) is 32.8 Å². The second-order valence-electron chi connectivity index (χ2n) is 4.37. The van der Waals surface area contributed by atoms with Crippen molar-refractivity contribution < 1.29 is 18.3 Å². The average Bonchev–Trinajstić information content (AvgIpc) is 2.26. The van der Waals surface area contributed by atoms with E-state index in [1.54, 1.807) is 7.11 Å². The molecule has 1 aliphatic carbocycles. The lowest BCUT2D eigenvalue weighted by molar-refractivity contribution is 0.0236. The summed E-state index contributed by atoms with van der Waals surface area (Å²) in [5.41, 5.74) is 5.52. The van der Waals surface area contributed by atoms with Crippen LogP contribution in [0.2, 0.25) is 0 Å². The van der Waals surface area contributed by atoms with Gasteiger partial charge in [-0.25, -0.2) is 13.1 Å². The summed E-state index contributed by atoms with van der Waals surface area (Å²) in [5, 5.41) is 9.26. The largest absolute Gasteiger partial charge is 0.506 e. The molecule has 1 aromatic rings. The molecule has 0 unspecified atom stereocenters.